The highest BCUT2D eigenvalue weighted by atomic mass is 35.5. The van der Waals surface area contributed by atoms with E-state index in [2.05, 4.69) is 15.2 Å². The van der Waals surface area contributed by atoms with Gasteiger partial charge in [0.15, 0.2) is 5.65 Å². The van der Waals surface area contributed by atoms with Gasteiger partial charge in [0.05, 0.1) is 0 Å². The van der Waals surface area contributed by atoms with Crippen LogP contribution in [-0.4, -0.2) is 25.5 Å². The quantitative estimate of drug-likeness (QED) is 0.603. The van der Waals surface area contributed by atoms with Crippen LogP contribution in [0.5, 0.6) is 0 Å². The minimum atomic E-state index is -0.571. The number of nitrogens with zero attached hydrogens (tertiary/aromatic N) is 4. The van der Waals surface area contributed by atoms with Crippen LogP contribution in [-0.2, 0) is 6.42 Å². The van der Waals surface area contributed by atoms with Gasteiger partial charge in [-0.05, 0) is 47.9 Å². The van der Waals surface area contributed by atoms with Gasteiger partial charge >= 0.3 is 0 Å². The first-order valence-electron chi connectivity index (χ1n) is 7.93. The van der Waals surface area contributed by atoms with E-state index >= 15 is 0 Å². The Labute approximate surface area is 154 Å². The number of pyridine rings is 2. The predicted octanol–water partition coefficient (Wildman–Crippen LogP) is 3.13. The highest BCUT2D eigenvalue weighted by molar-refractivity contribution is 6.30. The summed E-state index contributed by atoms with van der Waals surface area (Å²) in [5.74, 6) is -0.571. The molecule has 0 aliphatic rings. The molecule has 4 rings (SSSR count). The van der Waals surface area contributed by atoms with Crippen LogP contribution < -0.4 is 5.73 Å². The highest BCUT2D eigenvalue weighted by Crippen LogP contribution is 2.25. The fraction of sp³-hybridized carbons (Fsp3) is 0.0526. The van der Waals surface area contributed by atoms with Gasteiger partial charge in [0.25, 0.3) is 5.91 Å². The number of hydrogen-bond acceptors (Lipinski definition) is 4. The van der Waals surface area contributed by atoms with Crippen LogP contribution in [0.25, 0.3) is 16.8 Å². The smallest absolute Gasteiger partial charge is 0.267 e. The van der Waals surface area contributed by atoms with Crippen molar-refractivity contribution >= 4 is 23.2 Å². The maximum absolute atomic E-state index is 11.8. The SMILES string of the molecule is NC(=O)c1ncc(Cc2cccc(Cl)c2)cc1-c1ccc2nncn2c1. The van der Waals surface area contributed by atoms with E-state index in [1.165, 1.54) is 0 Å². The van der Waals surface area contributed by atoms with Crippen molar-refractivity contribution in [2.75, 3.05) is 0 Å². The average Bonchev–Trinajstić information content (AvgIpc) is 3.09. The van der Waals surface area contributed by atoms with Crippen molar-refractivity contribution in [2.24, 2.45) is 5.73 Å². The number of carbonyl (C=O) groups excluding carboxylic acids is 1. The molecule has 7 heteroatoms. The van der Waals surface area contributed by atoms with Crippen LogP contribution in [0.1, 0.15) is 21.6 Å². The highest BCUT2D eigenvalue weighted by Gasteiger charge is 2.14. The van der Waals surface area contributed by atoms with Gasteiger partial charge in [0.1, 0.15) is 12.0 Å². The molecule has 0 aliphatic carbocycles. The Morgan fingerprint density at radius 2 is 2.04 bits per heavy atom. The molecule has 0 fully saturated rings. The van der Waals surface area contributed by atoms with Gasteiger partial charge in [-0.1, -0.05) is 23.7 Å². The molecule has 26 heavy (non-hydrogen) atoms. The summed E-state index contributed by atoms with van der Waals surface area (Å²) in [7, 11) is 0. The molecule has 0 saturated carbocycles. The number of hydrogen-bond donors (Lipinski definition) is 1. The number of nitrogens with two attached hydrogens (primary N) is 1. The second-order valence-corrected chi connectivity index (χ2v) is 6.36. The molecule has 3 aromatic heterocycles. The molecule has 0 bridgehead atoms. The fourth-order valence-corrected chi connectivity index (χ4v) is 3.10. The molecule has 0 aliphatic heterocycles. The standard InChI is InChI=1S/C19H14ClN5O/c20-15-3-1-2-12(7-15)6-13-8-16(18(19(21)26)22-9-13)14-4-5-17-24-23-11-25(17)10-14/h1-5,7-11H,6H2,(H2,21,26). The first-order chi connectivity index (χ1) is 12.6. The lowest BCUT2D eigenvalue weighted by Gasteiger charge is -2.10. The van der Waals surface area contributed by atoms with Gasteiger partial charge in [-0.25, -0.2) is 0 Å². The molecule has 128 valence electrons. The lowest BCUT2D eigenvalue weighted by atomic mass is 10.00. The second kappa shape index (κ2) is 6.57. The van der Waals surface area contributed by atoms with Crippen LogP contribution >= 0.6 is 11.6 Å². The molecule has 0 atom stereocenters. The van der Waals surface area contributed by atoms with Crippen molar-refractivity contribution in [3.63, 3.8) is 0 Å². The van der Waals surface area contributed by atoms with E-state index in [0.29, 0.717) is 17.0 Å². The summed E-state index contributed by atoms with van der Waals surface area (Å²) in [6.45, 7) is 0. The van der Waals surface area contributed by atoms with Gasteiger partial charge in [0, 0.05) is 28.5 Å². The maximum Gasteiger partial charge on any atom is 0.267 e. The van der Waals surface area contributed by atoms with Gasteiger partial charge in [-0.2, -0.15) is 0 Å². The number of carbonyl (C=O) groups is 1. The van der Waals surface area contributed by atoms with Crippen LogP contribution in [0.15, 0.2) is 61.2 Å². The Morgan fingerprint density at radius 3 is 2.85 bits per heavy atom. The number of rotatable bonds is 4. The Kier molecular flexibility index (Phi) is 4.10. The van der Waals surface area contributed by atoms with Crippen LogP contribution in [0.2, 0.25) is 5.02 Å². The summed E-state index contributed by atoms with van der Waals surface area (Å²) >= 11 is 6.06. The van der Waals surface area contributed by atoms with Crippen LogP contribution in [0.3, 0.4) is 0 Å². The summed E-state index contributed by atoms with van der Waals surface area (Å²) in [5.41, 5.74) is 9.97. The number of primary amides is 1. The van der Waals surface area contributed by atoms with E-state index in [1.54, 1.807) is 16.9 Å². The molecule has 1 amide bonds. The molecule has 0 radical (unpaired) electrons. The number of halogens is 1. The molecule has 2 N–H and O–H groups in total. The Bertz CT molecular complexity index is 1120. The fourth-order valence-electron chi connectivity index (χ4n) is 2.89. The van der Waals surface area contributed by atoms with Crippen LogP contribution in [0, 0.1) is 0 Å². The predicted molar refractivity (Wildman–Crippen MR) is 99.0 cm³/mol. The van der Waals surface area contributed by atoms with Crippen molar-refractivity contribution < 1.29 is 4.79 Å². The Morgan fingerprint density at radius 1 is 1.15 bits per heavy atom. The number of aromatic nitrogens is 4. The van der Waals surface area contributed by atoms with Gasteiger partial charge in [-0.3, -0.25) is 14.2 Å². The lowest BCUT2D eigenvalue weighted by molar-refractivity contribution is 0.0996. The van der Waals surface area contributed by atoms with E-state index < -0.39 is 5.91 Å². The molecular formula is C19H14ClN5O. The topological polar surface area (TPSA) is 86.2 Å². The number of amides is 1. The van der Waals surface area contributed by atoms with E-state index in [4.69, 9.17) is 17.3 Å². The molecule has 0 saturated heterocycles. The zero-order valence-electron chi connectivity index (χ0n) is 13.6. The minimum Gasteiger partial charge on any atom is -0.364 e. The third-order valence-corrected chi connectivity index (χ3v) is 4.31. The van der Waals surface area contributed by atoms with Crippen molar-refractivity contribution in [3.05, 3.63) is 83.0 Å². The van der Waals surface area contributed by atoms with E-state index in [-0.39, 0.29) is 5.69 Å². The summed E-state index contributed by atoms with van der Waals surface area (Å²) in [6, 6.07) is 13.3. The van der Waals surface area contributed by atoms with Crippen molar-refractivity contribution in [2.45, 2.75) is 6.42 Å². The summed E-state index contributed by atoms with van der Waals surface area (Å²) in [5, 5.41) is 8.54. The van der Waals surface area contributed by atoms with Gasteiger partial charge in [0.2, 0.25) is 0 Å². The third kappa shape index (κ3) is 3.14. The zero-order valence-corrected chi connectivity index (χ0v) is 14.4. The average molecular weight is 364 g/mol. The molecule has 3 heterocycles. The first-order valence-corrected chi connectivity index (χ1v) is 8.31. The molecule has 6 nitrogen and oxygen atoms in total. The third-order valence-electron chi connectivity index (χ3n) is 4.08. The summed E-state index contributed by atoms with van der Waals surface area (Å²) in [6.07, 6.45) is 5.77. The molecule has 0 unspecified atom stereocenters. The molecular weight excluding hydrogens is 350 g/mol. The number of fused-ring (bicyclic) bond motifs is 1. The van der Waals surface area contributed by atoms with Gasteiger partial charge in [-0.15, -0.1) is 10.2 Å². The van der Waals surface area contributed by atoms with E-state index in [0.717, 1.165) is 22.3 Å². The largest absolute Gasteiger partial charge is 0.364 e. The van der Waals surface area contributed by atoms with Crippen molar-refractivity contribution in [1.82, 2.24) is 19.6 Å². The monoisotopic (exact) mass is 363 g/mol. The first kappa shape index (κ1) is 16.2. The zero-order chi connectivity index (χ0) is 18.1. The van der Waals surface area contributed by atoms with E-state index in [1.807, 2.05) is 48.7 Å². The Balaban J connectivity index is 1.79. The van der Waals surface area contributed by atoms with Crippen molar-refractivity contribution in [1.29, 1.82) is 0 Å². The molecule has 0 spiro atoms. The van der Waals surface area contributed by atoms with Gasteiger partial charge < -0.3 is 5.73 Å². The lowest BCUT2D eigenvalue weighted by Crippen LogP contribution is -2.15. The summed E-state index contributed by atoms with van der Waals surface area (Å²) in [4.78, 5) is 16.1. The molecule has 4 aromatic rings. The molecule has 1 aromatic carbocycles. The van der Waals surface area contributed by atoms with Crippen LogP contribution in [0.4, 0.5) is 0 Å². The number of benzene rings is 1. The maximum atomic E-state index is 11.8. The van der Waals surface area contributed by atoms with Crippen molar-refractivity contribution in [3.8, 4) is 11.1 Å². The van der Waals surface area contributed by atoms with E-state index in [9.17, 15) is 4.79 Å². The Hall–Kier alpha value is -3.25. The second-order valence-electron chi connectivity index (χ2n) is 5.92. The summed E-state index contributed by atoms with van der Waals surface area (Å²) < 4.78 is 1.78. The minimum absolute atomic E-state index is 0.229. The normalized spacial score (nSPS) is 11.0.